The van der Waals surface area contributed by atoms with Crippen LogP contribution in [-0.2, 0) is 10.0 Å². The number of aromatic amines is 1. The third kappa shape index (κ3) is 2.97. The van der Waals surface area contributed by atoms with E-state index in [1.165, 1.54) is 12.1 Å². The van der Waals surface area contributed by atoms with Crippen LogP contribution < -0.4 is 10.5 Å². The van der Waals surface area contributed by atoms with Gasteiger partial charge in [0.1, 0.15) is 4.90 Å². The molecule has 9 heteroatoms. The fraction of sp³-hybridized carbons (Fsp3) is 0.167. The third-order valence-electron chi connectivity index (χ3n) is 2.87. The highest BCUT2D eigenvalue weighted by Crippen LogP contribution is 2.21. The van der Waals surface area contributed by atoms with Gasteiger partial charge in [0, 0.05) is 11.3 Å². The largest absolute Gasteiger partial charge is 0.409 e. The Balaban J connectivity index is 2.30. The lowest BCUT2D eigenvalue weighted by atomic mass is 10.2. The molecule has 0 bridgehead atoms. The maximum Gasteiger partial charge on any atom is 0.265 e. The van der Waals surface area contributed by atoms with Crippen molar-refractivity contribution in [3.05, 3.63) is 41.2 Å². The Kier molecular flexibility index (Phi) is 3.85. The normalized spacial score (nSPS) is 12.4. The van der Waals surface area contributed by atoms with Gasteiger partial charge in [-0.2, -0.15) is 5.10 Å². The smallest absolute Gasteiger partial charge is 0.265 e. The SMILES string of the molecule is Cc1n[nH]c(C)c1S(=O)(=O)Nc1ccc(/C(N)=N/O)cc1. The Labute approximate surface area is 121 Å². The van der Waals surface area contributed by atoms with Crippen molar-refractivity contribution in [2.45, 2.75) is 18.7 Å². The van der Waals surface area contributed by atoms with Crippen LogP contribution in [0.5, 0.6) is 0 Å². The second kappa shape index (κ2) is 5.44. The number of nitrogens with two attached hydrogens (primary N) is 1. The number of aromatic nitrogens is 2. The molecule has 0 aliphatic rings. The molecular formula is C12H15N5O3S. The van der Waals surface area contributed by atoms with Crippen LogP contribution in [0.15, 0.2) is 34.3 Å². The second-order valence-electron chi connectivity index (χ2n) is 4.43. The molecule has 0 spiro atoms. The Hall–Kier alpha value is -2.55. The van der Waals surface area contributed by atoms with Crippen LogP contribution in [-0.4, -0.2) is 29.7 Å². The summed E-state index contributed by atoms with van der Waals surface area (Å²) in [5.41, 5.74) is 7.15. The van der Waals surface area contributed by atoms with Crippen LogP contribution in [0.1, 0.15) is 17.0 Å². The summed E-state index contributed by atoms with van der Waals surface area (Å²) in [5.74, 6) is -0.0501. The Bertz CT molecular complexity index is 758. The molecule has 8 nitrogen and oxygen atoms in total. The molecule has 0 fully saturated rings. The fourth-order valence-electron chi connectivity index (χ4n) is 1.91. The number of hydrogen-bond acceptors (Lipinski definition) is 5. The first-order chi connectivity index (χ1) is 9.85. The average molecular weight is 309 g/mol. The molecular weight excluding hydrogens is 294 g/mol. The molecule has 21 heavy (non-hydrogen) atoms. The van der Waals surface area contributed by atoms with Gasteiger partial charge in [-0.05, 0) is 38.1 Å². The van der Waals surface area contributed by atoms with Crippen molar-refractivity contribution in [3.63, 3.8) is 0 Å². The molecule has 0 saturated carbocycles. The van der Waals surface area contributed by atoms with E-state index in [-0.39, 0.29) is 10.7 Å². The predicted molar refractivity (Wildman–Crippen MR) is 77.8 cm³/mol. The van der Waals surface area contributed by atoms with Crippen LogP contribution in [0, 0.1) is 13.8 Å². The van der Waals surface area contributed by atoms with Crippen molar-refractivity contribution in [1.29, 1.82) is 0 Å². The molecule has 0 radical (unpaired) electrons. The number of nitrogens with zero attached hydrogens (tertiary/aromatic N) is 2. The maximum atomic E-state index is 12.3. The van der Waals surface area contributed by atoms with Crippen molar-refractivity contribution in [3.8, 4) is 0 Å². The minimum absolute atomic E-state index is 0.0501. The van der Waals surface area contributed by atoms with Crippen molar-refractivity contribution >= 4 is 21.5 Å². The molecule has 1 aromatic heterocycles. The first kappa shape index (κ1) is 14.9. The maximum absolute atomic E-state index is 12.3. The van der Waals surface area contributed by atoms with Gasteiger partial charge in [0.25, 0.3) is 10.0 Å². The van der Waals surface area contributed by atoms with Gasteiger partial charge in [0.15, 0.2) is 5.84 Å². The number of nitrogens with one attached hydrogen (secondary N) is 2. The lowest BCUT2D eigenvalue weighted by Gasteiger charge is -2.08. The van der Waals surface area contributed by atoms with Gasteiger partial charge in [-0.25, -0.2) is 8.42 Å². The van der Waals surface area contributed by atoms with Gasteiger partial charge in [-0.15, -0.1) is 0 Å². The number of rotatable bonds is 4. The summed E-state index contributed by atoms with van der Waals surface area (Å²) in [6, 6.07) is 6.13. The van der Waals surface area contributed by atoms with Gasteiger partial charge in [-0.3, -0.25) is 9.82 Å². The lowest BCUT2D eigenvalue weighted by Crippen LogP contribution is -2.15. The van der Waals surface area contributed by atoms with Crippen molar-refractivity contribution in [2.75, 3.05) is 4.72 Å². The standard InChI is InChI=1S/C12H15N5O3S/c1-7-11(8(2)15-14-7)21(19,20)17-10-5-3-9(4-6-10)12(13)16-18/h3-6,17-18H,1-2H3,(H2,13,16)(H,14,15). The van der Waals surface area contributed by atoms with Crippen LogP contribution in [0.25, 0.3) is 0 Å². The Morgan fingerprint density at radius 1 is 1.33 bits per heavy atom. The molecule has 1 heterocycles. The minimum atomic E-state index is -3.72. The second-order valence-corrected chi connectivity index (χ2v) is 6.05. The number of anilines is 1. The Morgan fingerprint density at radius 2 is 1.95 bits per heavy atom. The van der Waals surface area contributed by atoms with Gasteiger partial charge < -0.3 is 10.9 Å². The van der Waals surface area contributed by atoms with Crippen molar-refractivity contribution in [1.82, 2.24) is 10.2 Å². The average Bonchev–Trinajstić information content (AvgIpc) is 2.78. The predicted octanol–water partition coefficient (Wildman–Crippen LogP) is 0.922. The van der Waals surface area contributed by atoms with Gasteiger partial charge in [0.2, 0.25) is 0 Å². The molecule has 0 saturated heterocycles. The molecule has 2 rings (SSSR count). The number of hydrogen-bond donors (Lipinski definition) is 4. The van der Waals surface area contributed by atoms with Crippen LogP contribution in [0.4, 0.5) is 5.69 Å². The molecule has 0 aliphatic heterocycles. The minimum Gasteiger partial charge on any atom is -0.409 e. The summed E-state index contributed by atoms with van der Waals surface area (Å²) in [4.78, 5) is 0.128. The van der Waals surface area contributed by atoms with E-state index in [4.69, 9.17) is 10.9 Å². The monoisotopic (exact) mass is 309 g/mol. The van der Waals surface area contributed by atoms with E-state index in [0.717, 1.165) is 0 Å². The van der Waals surface area contributed by atoms with Crippen LogP contribution in [0.2, 0.25) is 0 Å². The van der Waals surface area contributed by atoms with Gasteiger partial charge in [-0.1, -0.05) is 5.16 Å². The fourth-order valence-corrected chi connectivity index (χ4v) is 3.34. The highest BCUT2D eigenvalue weighted by atomic mass is 32.2. The quantitative estimate of drug-likeness (QED) is 0.288. The molecule has 0 aliphatic carbocycles. The molecule has 0 atom stereocenters. The van der Waals surface area contributed by atoms with Crippen LogP contribution in [0.3, 0.4) is 0 Å². The van der Waals surface area contributed by atoms with E-state index >= 15 is 0 Å². The number of H-pyrrole nitrogens is 1. The number of sulfonamides is 1. The van der Waals surface area contributed by atoms with E-state index in [1.54, 1.807) is 26.0 Å². The first-order valence-electron chi connectivity index (χ1n) is 5.97. The van der Waals surface area contributed by atoms with Crippen molar-refractivity contribution in [2.24, 2.45) is 10.9 Å². The number of benzene rings is 1. The molecule has 1 aromatic carbocycles. The molecule has 2 aromatic rings. The summed E-state index contributed by atoms with van der Waals surface area (Å²) >= 11 is 0. The van der Waals surface area contributed by atoms with E-state index in [9.17, 15) is 8.42 Å². The highest BCUT2D eigenvalue weighted by Gasteiger charge is 2.22. The molecule has 0 unspecified atom stereocenters. The van der Waals surface area contributed by atoms with E-state index < -0.39 is 10.0 Å². The zero-order chi connectivity index (χ0) is 15.6. The summed E-state index contributed by atoms with van der Waals surface area (Å²) < 4.78 is 27.1. The number of aryl methyl sites for hydroxylation is 2. The highest BCUT2D eigenvalue weighted by molar-refractivity contribution is 7.92. The summed E-state index contributed by atoms with van der Waals surface area (Å²) in [5, 5.41) is 17.9. The molecule has 0 amide bonds. The summed E-state index contributed by atoms with van der Waals surface area (Å²) in [6.07, 6.45) is 0. The lowest BCUT2D eigenvalue weighted by molar-refractivity contribution is 0.318. The summed E-state index contributed by atoms with van der Waals surface area (Å²) in [7, 11) is -3.72. The van der Waals surface area contributed by atoms with Gasteiger partial charge in [0.05, 0.1) is 11.4 Å². The topological polar surface area (TPSA) is 133 Å². The number of oxime groups is 1. The zero-order valence-corrected chi connectivity index (χ0v) is 12.3. The molecule has 5 N–H and O–H groups in total. The van der Waals surface area contributed by atoms with E-state index in [2.05, 4.69) is 20.1 Å². The molecule has 112 valence electrons. The van der Waals surface area contributed by atoms with Crippen molar-refractivity contribution < 1.29 is 13.6 Å². The van der Waals surface area contributed by atoms with E-state index in [0.29, 0.717) is 22.6 Å². The van der Waals surface area contributed by atoms with Gasteiger partial charge >= 0.3 is 0 Å². The summed E-state index contributed by atoms with van der Waals surface area (Å²) in [6.45, 7) is 3.25. The first-order valence-corrected chi connectivity index (χ1v) is 7.46. The number of amidine groups is 1. The Morgan fingerprint density at radius 3 is 2.43 bits per heavy atom. The van der Waals surface area contributed by atoms with E-state index in [1.807, 2.05) is 0 Å². The van der Waals surface area contributed by atoms with Crippen LogP contribution >= 0.6 is 0 Å². The third-order valence-corrected chi connectivity index (χ3v) is 4.51. The zero-order valence-electron chi connectivity index (χ0n) is 11.5.